The molecule has 4 heterocycles. The molecule has 2 fully saturated rings. The van der Waals surface area contributed by atoms with Gasteiger partial charge in [-0.15, -0.1) is 10.2 Å². The van der Waals surface area contributed by atoms with Crippen LogP contribution in [0.3, 0.4) is 0 Å². The number of nitrogens with one attached hydrogen (secondary N) is 2. The number of aromatic nitrogens is 2. The minimum Gasteiger partial charge on any atom is -0.507 e. The molecular weight excluding hydrogens is 356 g/mol. The number of rotatable bonds is 3. The molecule has 1 aromatic heterocycles. The fraction of sp³-hybridized carbons (Fsp3) is 0.500. The average molecular weight is 382 g/mol. The maximum atomic E-state index is 10.2. The van der Waals surface area contributed by atoms with Crippen molar-refractivity contribution >= 4 is 11.5 Å². The number of hydrogen-bond acceptors (Lipinski definition) is 8. The number of ether oxygens (including phenoxy) is 1. The molecule has 148 valence electrons. The molecule has 5 rings (SSSR count). The normalized spacial score (nSPS) is 24.9. The van der Waals surface area contributed by atoms with Crippen molar-refractivity contribution in [2.45, 2.75) is 12.1 Å². The van der Waals surface area contributed by atoms with E-state index in [4.69, 9.17) is 4.74 Å². The Kier molecular flexibility index (Phi) is 4.76. The zero-order valence-electron chi connectivity index (χ0n) is 15.8. The lowest BCUT2D eigenvalue weighted by Gasteiger charge is -2.46. The van der Waals surface area contributed by atoms with Gasteiger partial charge in [-0.1, -0.05) is 12.1 Å². The van der Waals surface area contributed by atoms with Crippen LogP contribution in [0.4, 0.5) is 11.5 Å². The summed E-state index contributed by atoms with van der Waals surface area (Å²) < 4.78 is 5.87. The zero-order valence-corrected chi connectivity index (χ0v) is 15.8. The molecule has 1 aromatic carbocycles. The fourth-order valence-electron chi connectivity index (χ4n) is 4.37. The second-order valence-corrected chi connectivity index (χ2v) is 7.67. The monoisotopic (exact) mass is 382 g/mol. The van der Waals surface area contributed by atoms with Gasteiger partial charge in [-0.25, -0.2) is 0 Å². The Morgan fingerprint density at radius 3 is 2.96 bits per heavy atom. The summed E-state index contributed by atoms with van der Waals surface area (Å²) in [4.78, 5) is 4.94. The predicted molar refractivity (Wildman–Crippen MR) is 108 cm³/mol. The summed E-state index contributed by atoms with van der Waals surface area (Å²) in [5, 5.41) is 25.7. The van der Waals surface area contributed by atoms with Crippen molar-refractivity contribution in [3.8, 4) is 17.0 Å². The molecule has 3 aliphatic rings. The molecule has 0 bridgehead atoms. The van der Waals surface area contributed by atoms with Crippen LogP contribution >= 0.6 is 0 Å². The van der Waals surface area contributed by atoms with E-state index in [2.05, 4.69) is 30.6 Å². The van der Waals surface area contributed by atoms with E-state index >= 15 is 0 Å². The van der Waals surface area contributed by atoms with Gasteiger partial charge in [0.15, 0.2) is 5.82 Å². The van der Waals surface area contributed by atoms with Crippen molar-refractivity contribution in [1.29, 1.82) is 0 Å². The van der Waals surface area contributed by atoms with Crippen LogP contribution in [-0.4, -0.2) is 84.8 Å². The highest BCUT2D eigenvalue weighted by molar-refractivity contribution is 5.76. The summed E-state index contributed by atoms with van der Waals surface area (Å²) >= 11 is 0. The molecule has 2 saturated heterocycles. The standard InChI is InChI=1S/C20H26N6O2/c27-19-4-2-1-3-16(19)17-9-18-20(24-23-17)22-10-14-12-25(6-7-26(14)18)13-15-11-21-5-8-28-15/h1-4,9,14-15,21,27H,5-8,10-13H2,(H,22,24)/t14-,15+/m0/s1. The van der Waals surface area contributed by atoms with Crippen LogP contribution in [0.5, 0.6) is 5.75 Å². The van der Waals surface area contributed by atoms with Gasteiger partial charge in [0.1, 0.15) is 5.75 Å². The number of aromatic hydroxyl groups is 1. The van der Waals surface area contributed by atoms with Crippen molar-refractivity contribution in [2.24, 2.45) is 0 Å². The van der Waals surface area contributed by atoms with Gasteiger partial charge in [-0.2, -0.15) is 0 Å². The first-order valence-corrected chi connectivity index (χ1v) is 9.99. The molecule has 0 aliphatic carbocycles. The Morgan fingerprint density at radius 2 is 2.11 bits per heavy atom. The maximum absolute atomic E-state index is 10.2. The molecule has 0 unspecified atom stereocenters. The van der Waals surface area contributed by atoms with Crippen molar-refractivity contribution < 1.29 is 9.84 Å². The summed E-state index contributed by atoms with van der Waals surface area (Å²) in [5.74, 6) is 1.05. The van der Waals surface area contributed by atoms with Crippen molar-refractivity contribution in [3.05, 3.63) is 30.3 Å². The number of hydrogen-bond donors (Lipinski definition) is 3. The van der Waals surface area contributed by atoms with Gasteiger partial charge < -0.3 is 25.4 Å². The van der Waals surface area contributed by atoms with Gasteiger partial charge >= 0.3 is 0 Å². The van der Waals surface area contributed by atoms with E-state index in [0.717, 1.165) is 63.9 Å². The Bertz CT molecular complexity index is 841. The molecule has 2 atom stereocenters. The number of nitrogens with zero attached hydrogens (tertiary/aromatic N) is 4. The van der Waals surface area contributed by atoms with E-state index in [9.17, 15) is 5.11 Å². The van der Waals surface area contributed by atoms with E-state index in [1.54, 1.807) is 6.07 Å². The quantitative estimate of drug-likeness (QED) is 0.717. The van der Waals surface area contributed by atoms with Crippen LogP contribution in [0.1, 0.15) is 0 Å². The van der Waals surface area contributed by atoms with Gasteiger partial charge in [0.25, 0.3) is 0 Å². The first-order chi connectivity index (χ1) is 13.8. The van der Waals surface area contributed by atoms with E-state index in [-0.39, 0.29) is 11.9 Å². The molecule has 2 aromatic rings. The molecular formula is C20H26N6O2. The van der Waals surface area contributed by atoms with Crippen LogP contribution < -0.4 is 15.5 Å². The number of anilines is 2. The van der Waals surface area contributed by atoms with E-state index in [1.165, 1.54) is 0 Å². The van der Waals surface area contributed by atoms with Crippen LogP contribution in [0, 0.1) is 0 Å². The lowest BCUT2D eigenvalue weighted by molar-refractivity contribution is 0.00248. The highest BCUT2D eigenvalue weighted by Crippen LogP contribution is 2.35. The Hall–Kier alpha value is -2.42. The molecule has 0 saturated carbocycles. The van der Waals surface area contributed by atoms with E-state index < -0.39 is 0 Å². The van der Waals surface area contributed by atoms with Crippen LogP contribution in [0.2, 0.25) is 0 Å². The minimum atomic E-state index is 0.225. The first-order valence-electron chi connectivity index (χ1n) is 9.99. The van der Waals surface area contributed by atoms with Gasteiger partial charge in [-0.3, -0.25) is 4.90 Å². The van der Waals surface area contributed by atoms with Crippen molar-refractivity contribution in [1.82, 2.24) is 20.4 Å². The van der Waals surface area contributed by atoms with Gasteiger partial charge in [-0.05, 0) is 18.2 Å². The highest BCUT2D eigenvalue weighted by Gasteiger charge is 2.34. The largest absolute Gasteiger partial charge is 0.507 e. The van der Waals surface area contributed by atoms with Crippen molar-refractivity contribution in [3.63, 3.8) is 0 Å². The van der Waals surface area contributed by atoms with E-state index in [0.29, 0.717) is 17.3 Å². The minimum absolute atomic E-state index is 0.225. The summed E-state index contributed by atoms with van der Waals surface area (Å²) in [6.45, 7) is 7.48. The SMILES string of the molecule is Oc1ccccc1-c1cc2c(nn1)NC[C@H]1CN(C[C@H]3CNCCO3)CCN21. The molecule has 0 spiro atoms. The van der Waals surface area contributed by atoms with Gasteiger partial charge in [0, 0.05) is 51.4 Å². The molecule has 8 nitrogen and oxygen atoms in total. The van der Waals surface area contributed by atoms with Crippen LogP contribution in [-0.2, 0) is 4.74 Å². The second kappa shape index (κ2) is 7.54. The average Bonchev–Trinajstić information content (AvgIpc) is 2.74. The number of fused-ring (bicyclic) bond motifs is 3. The van der Waals surface area contributed by atoms with Gasteiger partial charge in [0.05, 0.1) is 30.1 Å². The summed E-state index contributed by atoms with van der Waals surface area (Å²) in [5.41, 5.74) is 2.48. The third-order valence-corrected chi connectivity index (χ3v) is 5.80. The predicted octanol–water partition coefficient (Wildman–Crippen LogP) is 0.754. The lowest BCUT2D eigenvalue weighted by atomic mass is 10.1. The van der Waals surface area contributed by atoms with E-state index in [1.807, 2.05) is 24.3 Å². The molecule has 0 amide bonds. The number of benzene rings is 1. The van der Waals surface area contributed by atoms with Crippen LogP contribution in [0.25, 0.3) is 11.3 Å². The number of phenols is 1. The Labute approximate surface area is 164 Å². The molecule has 0 radical (unpaired) electrons. The smallest absolute Gasteiger partial charge is 0.172 e. The lowest BCUT2D eigenvalue weighted by Crippen LogP contribution is -2.59. The topological polar surface area (TPSA) is 85.8 Å². The van der Waals surface area contributed by atoms with Crippen LogP contribution in [0.15, 0.2) is 30.3 Å². The second-order valence-electron chi connectivity index (χ2n) is 7.67. The van der Waals surface area contributed by atoms with Crippen molar-refractivity contribution in [2.75, 3.05) is 62.6 Å². The molecule has 3 N–H and O–H groups in total. The van der Waals surface area contributed by atoms with Gasteiger partial charge in [0.2, 0.25) is 0 Å². The summed E-state index contributed by atoms with van der Waals surface area (Å²) in [6.07, 6.45) is 0.280. The zero-order chi connectivity index (χ0) is 18.9. The number of morpholine rings is 1. The third-order valence-electron chi connectivity index (χ3n) is 5.80. The Balaban J connectivity index is 1.33. The molecule has 28 heavy (non-hydrogen) atoms. The summed E-state index contributed by atoms with van der Waals surface area (Å²) in [7, 11) is 0. The molecule has 3 aliphatic heterocycles. The summed E-state index contributed by atoms with van der Waals surface area (Å²) in [6, 6.07) is 9.69. The number of para-hydroxylation sites is 1. The first kappa shape index (κ1) is 17.7. The Morgan fingerprint density at radius 1 is 1.18 bits per heavy atom. The number of piperazine rings is 1. The number of phenolic OH excluding ortho intramolecular Hbond substituents is 1. The molecule has 8 heteroatoms. The fourth-order valence-corrected chi connectivity index (χ4v) is 4.37. The highest BCUT2D eigenvalue weighted by atomic mass is 16.5. The maximum Gasteiger partial charge on any atom is 0.172 e. The third kappa shape index (κ3) is 3.39.